The van der Waals surface area contributed by atoms with Crippen LogP contribution < -0.4 is 0 Å². The number of hydrogen-bond acceptors (Lipinski definition) is 4. The maximum atomic E-state index is 12.6. The molecular weight excluding hydrogens is 296 g/mol. The molecule has 0 radical (unpaired) electrons. The number of halogens is 1. The number of nitro groups is 1. The standard InChI is InChI=1S/C14H17ClN2O4/c1-9-4-3-5-12(13(9)17(19)20)14(18)16-7-10(2)21-11(6-15)8-16/h3-5,10-11H,6-8H2,1-2H3. The average Bonchev–Trinajstić information content (AvgIpc) is 2.45. The van der Waals surface area contributed by atoms with Crippen molar-refractivity contribution >= 4 is 23.2 Å². The van der Waals surface area contributed by atoms with Gasteiger partial charge in [-0.15, -0.1) is 11.6 Å². The van der Waals surface area contributed by atoms with E-state index >= 15 is 0 Å². The molecule has 1 aliphatic rings. The molecule has 0 saturated carbocycles. The van der Waals surface area contributed by atoms with Crippen molar-refractivity contribution in [2.45, 2.75) is 26.1 Å². The van der Waals surface area contributed by atoms with Crippen LogP contribution in [0.25, 0.3) is 0 Å². The molecule has 0 N–H and O–H groups in total. The summed E-state index contributed by atoms with van der Waals surface area (Å²) in [6.45, 7) is 4.22. The summed E-state index contributed by atoms with van der Waals surface area (Å²) >= 11 is 5.80. The number of para-hydroxylation sites is 1. The number of amides is 1. The Morgan fingerprint density at radius 1 is 1.52 bits per heavy atom. The number of carbonyl (C=O) groups excluding carboxylic acids is 1. The molecule has 114 valence electrons. The SMILES string of the molecule is Cc1cccc(C(=O)N2CC(C)OC(CCl)C2)c1[N+](=O)[O-]. The average molecular weight is 313 g/mol. The number of nitro benzene ring substituents is 1. The quantitative estimate of drug-likeness (QED) is 0.488. The van der Waals surface area contributed by atoms with Crippen LogP contribution in [-0.4, -0.2) is 46.9 Å². The van der Waals surface area contributed by atoms with Crippen molar-refractivity contribution in [3.8, 4) is 0 Å². The molecule has 0 bridgehead atoms. The normalized spacial score (nSPS) is 22.1. The Morgan fingerprint density at radius 3 is 2.86 bits per heavy atom. The maximum absolute atomic E-state index is 12.6. The van der Waals surface area contributed by atoms with E-state index in [1.54, 1.807) is 24.0 Å². The lowest BCUT2D eigenvalue weighted by molar-refractivity contribution is -0.385. The smallest absolute Gasteiger partial charge is 0.285 e. The third kappa shape index (κ3) is 3.33. The third-order valence-electron chi connectivity index (χ3n) is 3.44. The van der Waals surface area contributed by atoms with Gasteiger partial charge in [-0.05, 0) is 19.9 Å². The van der Waals surface area contributed by atoms with E-state index in [1.165, 1.54) is 6.07 Å². The molecule has 1 fully saturated rings. The molecule has 1 amide bonds. The summed E-state index contributed by atoms with van der Waals surface area (Å²) in [5.41, 5.74) is 0.451. The van der Waals surface area contributed by atoms with Gasteiger partial charge in [0.1, 0.15) is 5.56 Å². The molecule has 1 saturated heterocycles. The first-order valence-electron chi connectivity index (χ1n) is 6.68. The Balaban J connectivity index is 2.32. The lowest BCUT2D eigenvalue weighted by atomic mass is 10.1. The van der Waals surface area contributed by atoms with E-state index in [-0.39, 0.29) is 35.2 Å². The second kappa shape index (κ2) is 6.41. The van der Waals surface area contributed by atoms with Crippen LogP contribution in [0.2, 0.25) is 0 Å². The topological polar surface area (TPSA) is 72.7 Å². The summed E-state index contributed by atoms with van der Waals surface area (Å²) in [5, 5.41) is 11.2. The zero-order valence-electron chi connectivity index (χ0n) is 11.9. The van der Waals surface area contributed by atoms with Crippen LogP contribution in [0.15, 0.2) is 18.2 Å². The number of aryl methyl sites for hydroxylation is 1. The Kier molecular flexibility index (Phi) is 4.80. The predicted octanol–water partition coefficient (Wildman–Crippen LogP) is 2.37. The molecule has 1 aromatic carbocycles. The molecule has 2 atom stereocenters. The molecule has 1 aliphatic heterocycles. The Hall–Kier alpha value is -1.66. The first-order chi connectivity index (χ1) is 9.93. The van der Waals surface area contributed by atoms with E-state index in [0.717, 1.165) is 0 Å². The van der Waals surface area contributed by atoms with Crippen LogP contribution in [-0.2, 0) is 4.74 Å². The fourth-order valence-corrected chi connectivity index (χ4v) is 2.71. The third-order valence-corrected chi connectivity index (χ3v) is 3.78. The number of benzene rings is 1. The van der Waals surface area contributed by atoms with Crippen molar-refractivity contribution in [1.29, 1.82) is 0 Å². The summed E-state index contributed by atoms with van der Waals surface area (Å²) in [6.07, 6.45) is -0.390. The zero-order valence-corrected chi connectivity index (χ0v) is 12.7. The number of hydrogen-bond donors (Lipinski definition) is 0. The molecule has 1 heterocycles. The maximum Gasteiger partial charge on any atom is 0.285 e. The monoisotopic (exact) mass is 312 g/mol. The van der Waals surface area contributed by atoms with Crippen molar-refractivity contribution < 1.29 is 14.5 Å². The number of morpholine rings is 1. The molecule has 6 nitrogen and oxygen atoms in total. The van der Waals surface area contributed by atoms with Gasteiger partial charge in [-0.1, -0.05) is 12.1 Å². The summed E-state index contributed by atoms with van der Waals surface area (Å²) in [7, 11) is 0. The highest BCUT2D eigenvalue weighted by Gasteiger charge is 2.32. The summed E-state index contributed by atoms with van der Waals surface area (Å²) in [6, 6.07) is 4.76. The van der Waals surface area contributed by atoms with E-state index < -0.39 is 4.92 Å². The van der Waals surface area contributed by atoms with Crippen LogP contribution in [0.4, 0.5) is 5.69 Å². The number of rotatable bonds is 3. The summed E-state index contributed by atoms with van der Waals surface area (Å²) in [5.74, 6) is -0.0695. The van der Waals surface area contributed by atoms with Gasteiger partial charge in [0, 0.05) is 18.7 Å². The Labute approximate surface area is 127 Å². The Morgan fingerprint density at radius 2 is 2.24 bits per heavy atom. The van der Waals surface area contributed by atoms with Gasteiger partial charge in [-0.2, -0.15) is 0 Å². The second-order valence-electron chi connectivity index (χ2n) is 5.16. The lowest BCUT2D eigenvalue weighted by Crippen LogP contribution is -2.49. The Bertz CT molecular complexity index is 564. The molecule has 0 aromatic heterocycles. The molecule has 1 aromatic rings. The van der Waals surface area contributed by atoms with Gasteiger partial charge in [0.15, 0.2) is 0 Å². The fraction of sp³-hybridized carbons (Fsp3) is 0.500. The van der Waals surface area contributed by atoms with Crippen LogP contribution >= 0.6 is 11.6 Å². The molecular formula is C14H17ClN2O4. The molecule has 2 unspecified atom stereocenters. The van der Waals surface area contributed by atoms with Crippen molar-refractivity contribution in [1.82, 2.24) is 4.90 Å². The van der Waals surface area contributed by atoms with E-state index in [1.807, 2.05) is 6.92 Å². The summed E-state index contributed by atoms with van der Waals surface area (Å²) < 4.78 is 5.59. The summed E-state index contributed by atoms with van der Waals surface area (Å²) in [4.78, 5) is 24.9. The van der Waals surface area contributed by atoms with Crippen molar-refractivity contribution in [2.75, 3.05) is 19.0 Å². The minimum Gasteiger partial charge on any atom is -0.370 e. The van der Waals surface area contributed by atoms with Gasteiger partial charge in [0.05, 0.1) is 23.0 Å². The van der Waals surface area contributed by atoms with Gasteiger partial charge in [0.25, 0.3) is 11.6 Å². The minimum absolute atomic E-state index is 0.113. The fourth-order valence-electron chi connectivity index (χ4n) is 2.54. The van der Waals surface area contributed by atoms with Gasteiger partial charge >= 0.3 is 0 Å². The van der Waals surface area contributed by atoms with Gasteiger partial charge in [-0.3, -0.25) is 14.9 Å². The first-order valence-corrected chi connectivity index (χ1v) is 7.22. The highest BCUT2D eigenvalue weighted by molar-refractivity contribution is 6.18. The molecule has 0 aliphatic carbocycles. The van der Waals surface area contributed by atoms with E-state index in [9.17, 15) is 14.9 Å². The van der Waals surface area contributed by atoms with Gasteiger partial charge in [-0.25, -0.2) is 0 Å². The zero-order chi connectivity index (χ0) is 15.6. The second-order valence-corrected chi connectivity index (χ2v) is 5.47. The van der Waals surface area contributed by atoms with Crippen LogP contribution in [0.1, 0.15) is 22.8 Å². The molecule has 2 rings (SSSR count). The number of carbonyl (C=O) groups is 1. The lowest BCUT2D eigenvalue weighted by Gasteiger charge is -2.36. The highest BCUT2D eigenvalue weighted by atomic mass is 35.5. The van der Waals surface area contributed by atoms with Gasteiger partial charge < -0.3 is 9.64 Å². The predicted molar refractivity (Wildman–Crippen MR) is 78.8 cm³/mol. The van der Waals surface area contributed by atoms with Crippen molar-refractivity contribution in [3.63, 3.8) is 0 Å². The van der Waals surface area contributed by atoms with Crippen LogP contribution in [0.3, 0.4) is 0 Å². The van der Waals surface area contributed by atoms with Crippen LogP contribution in [0.5, 0.6) is 0 Å². The number of ether oxygens (including phenoxy) is 1. The van der Waals surface area contributed by atoms with Crippen molar-refractivity contribution in [3.05, 3.63) is 39.4 Å². The highest BCUT2D eigenvalue weighted by Crippen LogP contribution is 2.25. The number of alkyl halides is 1. The van der Waals surface area contributed by atoms with E-state index in [0.29, 0.717) is 18.7 Å². The van der Waals surface area contributed by atoms with E-state index in [4.69, 9.17) is 16.3 Å². The molecule has 7 heteroatoms. The molecule has 0 spiro atoms. The van der Waals surface area contributed by atoms with Crippen LogP contribution in [0, 0.1) is 17.0 Å². The first kappa shape index (κ1) is 15.7. The van der Waals surface area contributed by atoms with Crippen molar-refractivity contribution in [2.24, 2.45) is 0 Å². The molecule has 21 heavy (non-hydrogen) atoms. The largest absolute Gasteiger partial charge is 0.370 e. The minimum atomic E-state index is -0.508. The van der Waals surface area contributed by atoms with E-state index in [2.05, 4.69) is 0 Å². The van der Waals surface area contributed by atoms with Gasteiger partial charge in [0.2, 0.25) is 0 Å². The number of nitrogens with zero attached hydrogens (tertiary/aromatic N) is 2.